The smallest absolute Gasteiger partial charge is 0.303 e. The molecule has 2 N–H and O–H groups in total. The molecule has 2 aliphatic heterocycles. The molecule has 254 valence electrons. The second kappa shape index (κ2) is 17.2. The van der Waals surface area contributed by atoms with Crippen LogP contribution in [0.2, 0.25) is 0 Å². The van der Waals surface area contributed by atoms with E-state index in [4.69, 9.17) is 35.9 Å². The standard InChI is InChI=1S/C34H43N3O9S/c1-21(38)42-20-27-30(43-22(2)39)31(44-23(3)40)32(45-24(4)41)33(46-27)36-34(47)35-28(25-14-8-5-9-15-25)29(26-16-10-6-11-17-26)37-18-12-7-13-19-37/h5-6,8-11,14-17,27-33H,7,12-13,18-20H2,1-4H3,(H2,35,36,47)/t27?,28-,29-,30+,31?,32?,33+/m0/s1. The van der Waals surface area contributed by atoms with Crippen molar-refractivity contribution in [2.75, 3.05) is 19.7 Å². The Morgan fingerprint density at radius 1 is 0.766 bits per heavy atom. The van der Waals surface area contributed by atoms with E-state index in [2.05, 4.69) is 27.7 Å². The first kappa shape index (κ1) is 35.8. The van der Waals surface area contributed by atoms with Gasteiger partial charge in [0.1, 0.15) is 12.7 Å². The van der Waals surface area contributed by atoms with Gasteiger partial charge in [-0.2, -0.15) is 0 Å². The highest BCUT2D eigenvalue weighted by Gasteiger charge is 2.52. The largest absolute Gasteiger partial charge is 0.463 e. The molecule has 3 unspecified atom stereocenters. The lowest BCUT2D eigenvalue weighted by Crippen LogP contribution is -2.67. The number of rotatable bonds is 11. The maximum absolute atomic E-state index is 12.3. The fourth-order valence-corrected chi connectivity index (χ4v) is 6.37. The Hall–Kier alpha value is -4.07. The van der Waals surface area contributed by atoms with Gasteiger partial charge in [-0.15, -0.1) is 0 Å². The normalized spacial score (nSPS) is 24.1. The number of hydrogen-bond acceptors (Lipinski definition) is 11. The lowest BCUT2D eigenvalue weighted by atomic mass is 9.90. The summed E-state index contributed by atoms with van der Waals surface area (Å²) in [5.74, 6) is -2.71. The number of carbonyl (C=O) groups is 4. The Kier molecular flexibility index (Phi) is 13.1. The molecule has 2 fully saturated rings. The van der Waals surface area contributed by atoms with Gasteiger partial charge in [-0.25, -0.2) is 0 Å². The van der Waals surface area contributed by atoms with Gasteiger partial charge < -0.3 is 34.3 Å². The molecular formula is C34H43N3O9S. The van der Waals surface area contributed by atoms with Gasteiger partial charge in [0.15, 0.2) is 29.7 Å². The second-order valence-corrected chi connectivity index (χ2v) is 12.0. The van der Waals surface area contributed by atoms with Crippen molar-refractivity contribution in [1.82, 2.24) is 15.5 Å². The van der Waals surface area contributed by atoms with E-state index in [0.717, 1.165) is 37.1 Å². The first-order valence-electron chi connectivity index (χ1n) is 15.7. The van der Waals surface area contributed by atoms with E-state index in [1.807, 2.05) is 48.5 Å². The first-order chi connectivity index (χ1) is 22.5. The highest BCUT2D eigenvalue weighted by molar-refractivity contribution is 7.80. The molecule has 7 atom stereocenters. The number of hydrogen-bond donors (Lipinski definition) is 2. The molecule has 0 aromatic heterocycles. The predicted octanol–water partition coefficient (Wildman–Crippen LogP) is 3.50. The average Bonchev–Trinajstić information content (AvgIpc) is 3.03. The van der Waals surface area contributed by atoms with E-state index in [-0.39, 0.29) is 23.8 Å². The number of thiocarbonyl (C=S) groups is 1. The molecule has 47 heavy (non-hydrogen) atoms. The molecule has 12 nitrogen and oxygen atoms in total. The minimum Gasteiger partial charge on any atom is -0.463 e. The third kappa shape index (κ3) is 10.2. The SMILES string of the molecule is CC(=O)OCC1O[C@@H](NC(=S)N[C@@H](c2ccccc2)[C@H](c2ccccc2)N2CCCCC2)C(OC(C)=O)C(OC(C)=O)[C@@H]1OC(C)=O. The van der Waals surface area contributed by atoms with Crippen LogP contribution in [0.4, 0.5) is 0 Å². The third-order valence-corrected chi connectivity index (χ3v) is 8.19. The molecule has 2 heterocycles. The number of nitrogens with one attached hydrogen (secondary N) is 2. The molecule has 2 aliphatic rings. The molecule has 0 aliphatic carbocycles. The highest BCUT2D eigenvalue weighted by atomic mass is 32.1. The van der Waals surface area contributed by atoms with Gasteiger partial charge in [-0.05, 0) is 49.3 Å². The predicted molar refractivity (Wildman–Crippen MR) is 175 cm³/mol. The van der Waals surface area contributed by atoms with E-state index in [9.17, 15) is 19.2 Å². The third-order valence-electron chi connectivity index (χ3n) is 7.95. The van der Waals surface area contributed by atoms with Crippen LogP contribution >= 0.6 is 12.2 Å². The quantitative estimate of drug-likeness (QED) is 0.205. The monoisotopic (exact) mass is 669 g/mol. The molecule has 0 bridgehead atoms. The van der Waals surface area contributed by atoms with Crippen LogP contribution in [0.1, 0.15) is 70.2 Å². The summed E-state index contributed by atoms with van der Waals surface area (Å²) in [4.78, 5) is 50.8. The number of piperidine rings is 1. The van der Waals surface area contributed by atoms with E-state index in [1.54, 1.807) is 0 Å². The van der Waals surface area contributed by atoms with Gasteiger partial charge >= 0.3 is 23.9 Å². The number of benzene rings is 2. The molecule has 0 radical (unpaired) electrons. The lowest BCUT2D eigenvalue weighted by Gasteiger charge is -2.45. The second-order valence-electron chi connectivity index (χ2n) is 11.6. The van der Waals surface area contributed by atoms with Gasteiger partial charge in [0, 0.05) is 27.7 Å². The minimum absolute atomic E-state index is 0.0888. The van der Waals surface area contributed by atoms with Crippen LogP contribution in [0.3, 0.4) is 0 Å². The summed E-state index contributed by atoms with van der Waals surface area (Å²) in [5, 5.41) is 6.77. The fourth-order valence-electron chi connectivity index (χ4n) is 6.12. The zero-order valence-electron chi connectivity index (χ0n) is 27.1. The number of nitrogens with zero attached hydrogens (tertiary/aromatic N) is 1. The zero-order chi connectivity index (χ0) is 33.9. The van der Waals surface area contributed by atoms with E-state index in [0.29, 0.717) is 0 Å². The molecule has 2 aromatic rings. The van der Waals surface area contributed by atoms with E-state index < -0.39 is 54.5 Å². The van der Waals surface area contributed by atoms with Crippen molar-refractivity contribution in [2.24, 2.45) is 0 Å². The van der Waals surface area contributed by atoms with Crippen LogP contribution in [0.5, 0.6) is 0 Å². The van der Waals surface area contributed by atoms with Crippen molar-refractivity contribution in [2.45, 2.75) is 89.7 Å². The summed E-state index contributed by atoms with van der Waals surface area (Å²) < 4.78 is 28.1. The number of likely N-dealkylation sites (tertiary alicyclic amines) is 1. The van der Waals surface area contributed by atoms with Crippen LogP contribution in [0, 0.1) is 0 Å². The van der Waals surface area contributed by atoms with Crippen LogP contribution < -0.4 is 10.6 Å². The fraction of sp³-hybridized carbons (Fsp3) is 0.500. The molecular weight excluding hydrogens is 626 g/mol. The summed E-state index contributed by atoms with van der Waals surface area (Å²) in [6, 6.07) is 19.8. The summed E-state index contributed by atoms with van der Waals surface area (Å²) >= 11 is 5.88. The van der Waals surface area contributed by atoms with Gasteiger partial charge in [-0.3, -0.25) is 24.1 Å². The number of carbonyl (C=O) groups excluding carboxylic acids is 4. The Bertz CT molecular complexity index is 1370. The van der Waals surface area contributed by atoms with Gasteiger partial charge in [-0.1, -0.05) is 67.1 Å². The van der Waals surface area contributed by atoms with Gasteiger partial charge in [0.05, 0.1) is 12.1 Å². The lowest BCUT2D eigenvalue weighted by molar-refractivity contribution is -0.255. The Morgan fingerprint density at radius 3 is 1.85 bits per heavy atom. The van der Waals surface area contributed by atoms with Crippen molar-refractivity contribution >= 4 is 41.2 Å². The minimum atomic E-state index is -1.31. The molecule has 4 rings (SSSR count). The van der Waals surface area contributed by atoms with Crippen molar-refractivity contribution in [3.05, 3.63) is 71.8 Å². The summed E-state index contributed by atoms with van der Waals surface area (Å²) in [6.45, 7) is 6.27. The molecule has 0 saturated carbocycles. The Balaban J connectivity index is 1.69. The van der Waals surface area contributed by atoms with Crippen molar-refractivity contribution < 1.29 is 42.9 Å². The van der Waals surface area contributed by atoms with E-state index >= 15 is 0 Å². The van der Waals surface area contributed by atoms with Crippen molar-refractivity contribution in [3.63, 3.8) is 0 Å². The number of ether oxygens (including phenoxy) is 5. The van der Waals surface area contributed by atoms with Crippen molar-refractivity contribution in [1.29, 1.82) is 0 Å². The summed E-state index contributed by atoms with van der Waals surface area (Å²) in [6.07, 6.45) is -2.84. The molecule has 13 heteroatoms. The molecule has 0 amide bonds. The average molecular weight is 670 g/mol. The van der Waals surface area contributed by atoms with Crippen LogP contribution in [-0.2, 0) is 42.9 Å². The molecule has 2 aromatic carbocycles. The Labute approximate surface area is 280 Å². The van der Waals surface area contributed by atoms with Crippen LogP contribution in [-0.4, -0.2) is 84.2 Å². The summed E-state index contributed by atoms with van der Waals surface area (Å²) in [5.41, 5.74) is 2.11. The topological polar surface area (TPSA) is 142 Å². The van der Waals surface area contributed by atoms with Crippen molar-refractivity contribution in [3.8, 4) is 0 Å². The maximum atomic E-state index is 12.3. The number of esters is 4. The summed E-state index contributed by atoms with van der Waals surface area (Å²) in [7, 11) is 0. The Morgan fingerprint density at radius 2 is 1.30 bits per heavy atom. The van der Waals surface area contributed by atoms with Crippen LogP contribution in [0.15, 0.2) is 60.7 Å². The first-order valence-corrected chi connectivity index (χ1v) is 16.2. The van der Waals surface area contributed by atoms with Gasteiger partial charge in [0.2, 0.25) is 0 Å². The molecule has 2 saturated heterocycles. The maximum Gasteiger partial charge on any atom is 0.303 e. The highest BCUT2D eigenvalue weighted by Crippen LogP contribution is 2.36. The van der Waals surface area contributed by atoms with Gasteiger partial charge in [0.25, 0.3) is 0 Å². The zero-order valence-corrected chi connectivity index (χ0v) is 27.9. The van der Waals surface area contributed by atoms with E-state index in [1.165, 1.54) is 34.1 Å². The molecule has 0 spiro atoms. The van der Waals surface area contributed by atoms with Crippen LogP contribution in [0.25, 0.3) is 0 Å².